The van der Waals surface area contributed by atoms with Crippen molar-refractivity contribution in [3.63, 3.8) is 0 Å². The van der Waals surface area contributed by atoms with E-state index in [4.69, 9.17) is 0 Å². The Labute approximate surface area is 165 Å². The predicted octanol–water partition coefficient (Wildman–Crippen LogP) is 3.73. The number of phenolic OH excluding ortho intramolecular Hbond substituents is 1. The first-order valence-electron chi connectivity index (χ1n) is 9.63. The first-order valence-corrected chi connectivity index (χ1v) is 9.63. The molecule has 28 heavy (non-hydrogen) atoms. The van der Waals surface area contributed by atoms with Crippen LogP contribution in [0, 0.1) is 6.92 Å². The maximum atomic E-state index is 10.6. The normalized spacial score (nSPS) is 17.4. The number of aromatic hydroxyl groups is 1. The van der Waals surface area contributed by atoms with Crippen LogP contribution < -0.4 is 5.32 Å². The summed E-state index contributed by atoms with van der Waals surface area (Å²) in [4.78, 5) is 6.46. The van der Waals surface area contributed by atoms with Gasteiger partial charge in [-0.15, -0.1) is 10.2 Å². The molecule has 0 unspecified atom stereocenters. The van der Waals surface area contributed by atoms with E-state index in [1.54, 1.807) is 18.5 Å². The van der Waals surface area contributed by atoms with Gasteiger partial charge in [-0.3, -0.25) is 4.98 Å². The van der Waals surface area contributed by atoms with Crippen molar-refractivity contribution < 1.29 is 5.11 Å². The summed E-state index contributed by atoms with van der Waals surface area (Å²) >= 11 is 0. The van der Waals surface area contributed by atoms with Crippen LogP contribution in [-0.2, 0) is 0 Å². The molecule has 2 N–H and O–H groups in total. The molecule has 144 valence electrons. The molecule has 2 aromatic heterocycles. The lowest BCUT2D eigenvalue weighted by Crippen LogP contribution is -2.39. The fourth-order valence-electron chi connectivity index (χ4n) is 3.76. The van der Waals surface area contributed by atoms with Gasteiger partial charge in [-0.05, 0) is 68.8 Å². The molecule has 1 atom stereocenters. The van der Waals surface area contributed by atoms with E-state index in [0.29, 0.717) is 17.3 Å². The van der Waals surface area contributed by atoms with Gasteiger partial charge in [-0.2, -0.15) is 0 Å². The zero-order chi connectivity index (χ0) is 19.5. The van der Waals surface area contributed by atoms with Crippen LogP contribution in [0.5, 0.6) is 5.75 Å². The minimum Gasteiger partial charge on any atom is -0.507 e. The number of benzene rings is 1. The van der Waals surface area contributed by atoms with Gasteiger partial charge in [0, 0.05) is 36.1 Å². The molecule has 3 heterocycles. The lowest BCUT2D eigenvalue weighted by atomic mass is 10.0. The number of likely N-dealkylation sites (tertiary alicyclic amines) is 1. The number of pyridine rings is 1. The largest absolute Gasteiger partial charge is 0.507 e. The third-order valence-electron chi connectivity index (χ3n) is 5.21. The Balaban J connectivity index is 1.56. The van der Waals surface area contributed by atoms with E-state index in [-0.39, 0.29) is 5.75 Å². The molecule has 0 saturated carbocycles. The zero-order valence-electron chi connectivity index (χ0n) is 16.3. The monoisotopic (exact) mass is 375 g/mol. The van der Waals surface area contributed by atoms with E-state index >= 15 is 0 Å². The second-order valence-corrected chi connectivity index (χ2v) is 7.48. The Morgan fingerprint density at radius 3 is 2.75 bits per heavy atom. The number of anilines is 1. The number of hydrogen-bond acceptors (Lipinski definition) is 6. The Kier molecular flexibility index (Phi) is 5.21. The summed E-state index contributed by atoms with van der Waals surface area (Å²) in [5, 5.41) is 22.8. The summed E-state index contributed by atoms with van der Waals surface area (Å²) in [7, 11) is 2.14. The van der Waals surface area contributed by atoms with Crippen LogP contribution in [0.1, 0.15) is 18.4 Å². The minimum absolute atomic E-state index is 0.188. The molecular formula is C22H25N5O. The van der Waals surface area contributed by atoms with Crippen molar-refractivity contribution in [2.45, 2.75) is 25.8 Å². The molecular weight excluding hydrogens is 350 g/mol. The Hall–Kier alpha value is -2.99. The van der Waals surface area contributed by atoms with Gasteiger partial charge in [0.25, 0.3) is 0 Å². The lowest BCUT2D eigenvalue weighted by Gasteiger charge is -2.30. The van der Waals surface area contributed by atoms with Crippen LogP contribution in [0.4, 0.5) is 5.82 Å². The molecule has 0 radical (unpaired) electrons. The summed E-state index contributed by atoms with van der Waals surface area (Å²) in [6, 6.07) is 11.9. The fraction of sp³-hybridized carbons (Fsp3) is 0.318. The summed E-state index contributed by atoms with van der Waals surface area (Å²) in [5.74, 6) is 0.974. The molecule has 6 heteroatoms. The van der Waals surface area contributed by atoms with Crippen molar-refractivity contribution >= 4 is 5.82 Å². The molecule has 1 aliphatic rings. The second kappa shape index (κ2) is 7.94. The van der Waals surface area contributed by atoms with Crippen LogP contribution >= 0.6 is 0 Å². The van der Waals surface area contributed by atoms with Crippen LogP contribution in [0.25, 0.3) is 22.4 Å². The number of likely N-dealkylation sites (N-methyl/N-ethyl adjacent to an activating group) is 1. The van der Waals surface area contributed by atoms with E-state index in [2.05, 4.69) is 32.4 Å². The smallest absolute Gasteiger partial charge is 0.149 e. The van der Waals surface area contributed by atoms with Gasteiger partial charge < -0.3 is 15.3 Å². The summed E-state index contributed by atoms with van der Waals surface area (Å²) in [6.07, 6.45) is 5.85. The molecule has 4 rings (SSSR count). The Morgan fingerprint density at radius 2 is 2.04 bits per heavy atom. The Bertz CT molecular complexity index is 960. The molecule has 0 aliphatic carbocycles. The molecule has 1 fully saturated rings. The van der Waals surface area contributed by atoms with E-state index in [1.807, 2.05) is 37.3 Å². The van der Waals surface area contributed by atoms with E-state index < -0.39 is 0 Å². The van der Waals surface area contributed by atoms with Gasteiger partial charge >= 0.3 is 0 Å². The molecule has 1 saturated heterocycles. The van der Waals surface area contributed by atoms with Gasteiger partial charge in [0.15, 0.2) is 0 Å². The maximum absolute atomic E-state index is 10.6. The fourth-order valence-corrected chi connectivity index (χ4v) is 3.76. The quantitative estimate of drug-likeness (QED) is 0.724. The number of phenols is 1. The van der Waals surface area contributed by atoms with Gasteiger partial charge in [0.2, 0.25) is 0 Å². The molecule has 1 aromatic carbocycles. The first-order chi connectivity index (χ1) is 13.6. The van der Waals surface area contributed by atoms with Crippen LogP contribution in [0.15, 0.2) is 48.8 Å². The molecule has 0 spiro atoms. The standard InChI is InChI=1S/C22H25N5O/c1-15-11-21(24-18-6-4-10-27(2)14-18)25-26-22(15)19-8-7-16(12-20(19)28)17-5-3-9-23-13-17/h3,5,7-9,11-13,18,28H,4,6,10,14H2,1-2H3,(H,24,25)/t18-/m0/s1. The summed E-state index contributed by atoms with van der Waals surface area (Å²) in [6.45, 7) is 4.16. The number of nitrogens with one attached hydrogen (secondary N) is 1. The first kappa shape index (κ1) is 18.4. The Morgan fingerprint density at radius 1 is 1.14 bits per heavy atom. The number of rotatable bonds is 4. The van der Waals surface area contributed by atoms with Crippen LogP contribution in [0.3, 0.4) is 0 Å². The van der Waals surface area contributed by atoms with E-state index in [0.717, 1.165) is 42.0 Å². The lowest BCUT2D eigenvalue weighted by molar-refractivity contribution is 0.260. The summed E-state index contributed by atoms with van der Waals surface area (Å²) in [5.41, 5.74) is 4.23. The third-order valence-corrected chi connectivity index (χ3v) is 5.21. The van der Waals surface area contributed by atoms with Gasteiger partial charge in [0.05, 0.1) is 5.69 Å². The molecule has 3 aromatic rings. The van der Waals surface area contributed by atoms with Crippen molar-refractivity contribution in [2.75, 3.05) is 25.5 Å². The number of aryl methyl sites for hydroxylation is 1. The highest BCUT2D eigenvalue weighted by molar-refractivity contribution is 5.75. The topological polar surface area (TPSA) is 74.2 Å². The average Bonchev–Trinajstić information content (AvgIpc) is 2.69. The minimum atomic E-state index is 0.188. The highest BCUT2D eigenvalue weighted by Crippen LogP contribution is 2.34. The van der Waals surface area contributed by atoms with Crippen LogP contribution in [0.2, 0.25) is 0 Å². The van der Waals surface area contributed by atoms with Crippen molar-refractivity contribution in [3.05, 3.63) is 54.4 Å². The van der Waals surface area contributed by atoms with Gasteiger partial charge in [-0.1, -0.05) is 12.1 Å². The molecule has 1 aliphatic heterocycles. The van der Waals surface area contributed by atoms with Crippen molar-refractivity contribution in [3.8, 4) is 28.1 Å². The highest BCUT2D eigenvalue weighted by atomic mass is 16.3. The molecule has 0 bridgehead atoms. The third kappa shape index (κ3) is 3.97. The molecule has 6 nitrogen and oxygen atoms in total. The average molecular weight is 375 g/mol. The number of nitrogens with zero attached hydrogens (tertiary/aromatic N) is 4. The summed E-state index contributed by atoms with van der Waals surface area (Å²) < 4.78 is 0. The van der Waals surface area contributed by atoms with Crippen molar-refractivity contribution in [1.29, 1.82) is 0 Å². The van der Waals surface area contributed by atoms with Crippen molar-refractivity contribution in [1.82, 2.24) is 20.1 Å². The van der Waals surface area contributed by atoms with Crippen LogP contribution in [-0.4, -0.2) is 51.4 Å². The number of hydrogen-bond donors (Lipinski definition) is 2. The predicted molar refractivity (Wildman–Crippen MR) is 111 cm³/mol. The molecule has 0 amide bonds. The van der Waals surface area contributed by atoms with Gasteiger partial charge in [0.1, 0.15) is 11.6 Å². The van der Waals surface area contributed by atoms with E-state index in [1.165, 1.54) is 6.42 Å². The van der Waals surface area contributed by atoms with Crippen molar-refractivity contribution in [2.24, 2.45) is 0 Å². The number of piperidine rings is 1. The van der Waals surface area contributed by atoms with E-state index in [9.17, 15) is 5.11 Å². The number of aromatic nitrogens is 3. The second-order valence-electron chi connectivity index (χ2n) is 7.48. The zero-order valence-corrected chi connectivity index (χ0v) is 16.3. The maximum Gasteiger partial charge on any atom is 0.149 e. The SMILES string of the molecule is Cc1cc(N[C@H]2CCCN(C)C2)nnc1-c1ccc(-c2cccnc2)cc1O. The van der Waals surface area contributed by atoms with Gasteiger partial charge in [-0.25, -0.2) is 0 Å². The highest BCUT2D eigenvalue weighted by Gasteiger charge is 2.18.